The molecular weight excluding hydrogens is 226 g/mol. The van der Waals surface area contributed by atoms with Gasteiger partial charge in [-0.3, -0.25) is 10.3 Å². The van der Waals surface area contributed by atoms with E-state index in [4.69, 9.17) is 5.41 Å². The Hall–Kier alpha value is -1.75. The molecule has 96 valence electrons. The van der Waals surface area contributed by atoms with E-state index in [-0.39, 0.29) is 0 Å². The predicted molar refractivity (Wildman–Crippen MR) is 72.8 cm³/mol. The Bertz CT molecular complexity index is 429. The summed E-state index contributed by atoms with van der Waals surface area (Å²) in [6.45, 7) is 6.65. The second kappa shape index (κ2) is 5.73. The Morgan fingerprint density at radius 3 is 2.94 bits per heavy atom. The van der Waals surface area contributed by atoms with Crippen molar-refractivity contribution in [3.05, 3.63) is 30.2 Å². The van der Waals surface area contributed by atoms with Crippen molar-refractivity contribution in [1.29, 1.82) is 5.41 Å². The van der Waals surface area contributed by atoms with Gasteiger partial charge in [0.2, 0.25) is 5.95 Å². The highest BCUT2D eigenvalue weighted by molar-refractivity contribution is 5.75. The van der Waals surface area contributed by atoms with E-state index in [1.165, 1.54) is 24.1 Å². The monoisotopic (exact) mass is 245 g/mol. The third-order valence-corrected chi connectivity index (χ3v) is 3.10. The first-order chi connectivity index (χ1) is 8.74. The highest BCUT2D eigenvalue weighted by atomic mass is 15.2. The lowest BCUT2D eigenvalue weighted by Crippen LogP contribution is -2.28. The molecule has 1 aromatic heterocycles. The smallest absolute Gasteiger partial charge is 0.235 e. The molecular formula is C13H19N5. The van der Waals surface area contributed by atoms with Gasteiger partial charge in [-0.1, -0.05) is 13.0 Å². The van der Waals surface area contributed by atoms with Gasteiger partial charge in [0.25, 0.3) is 0 Å². The molecule has 2 heterocycles. The molecule has 0 aliphatic carbocycles. The normalized spacial score (nSPS) is 19.3. The van der Waals surface area contributed by atoms with Gasteiger partial charge < -0.3 is 5.32 Å². The Morgan fingerprint density at radius 1 is 1.50 bits per heavy atom. The molecule has 1 aromatic rings. The van der Waals surface area contributed by atoms with Crippen LogP contribution in [-0.4, -0.2) is 22.9 Å². The third kappa shape index (κ3) is 2.73. The Labute approximate surface area is 107 Å². The lowest BCUT2D eigenvalue weighted by atomic mass is 10.0. The molecule has 1 atom stereocenters. The zero-order valence-corrected chi connectivity index (χ0v) is 10.7. The molecule has 2 N–H and O–H groups in total. The summed E-state index contributed by atoms with van der Waals surface area (Å²) in [5, 5.41) is 10.8. The first kappa shape index (κ1) is 12.7. The molecule has 5 heteroatoms. The number of nitrogens with one attached hydrogen (secondary N) is 2. The van der Waals surface area contributed by atoms with Crippen molar-refractivity contribution in [2.75, 3.05) is 11.4 Å². The maximum atomic E-state index is 7.32. The summed E-state index contributed by atoms with van der Waals surface area (Å²) in [5.41, 5.74) is 1.92. The van der Waals surface area contributed by atoms with E-state index in [9.17, 15) is 0 Å². The molecule has 1 aliphatic rings. The molecule has 0 saturated carbocycles. The second-order valence-electron chi connectivity index (χ2n) is 4.46. The van der Waals surface area contributed by atoms with Gasteiger partial charge in [0.15, 0.2) is 0 Å². The quantitative estimate of drug-likeness (QED) is 0.630. The summed E-state index contributed by atoms with van der Waals surface area (Å²) in [4.78, 5) is 10.4. The number of hydrogen-bond acceptors (Lipinski definition) is 4. The van der Waals surface area contributed by atoms with Crippen molar-refractivity contribution >= 4 is 12.3 Å². The van der Waals surface area contributed by atoms with E-state index < -0.39 is 0 Å². The van der Waals surface area contributed by atoms with Crippen LogP contribution in [0.1, 0.15) is 36.7 Å². The largest absolute Gasteiger partial charge is 0.309 e. The van der Waals surface area contributed by atoms with Gasteiger partial charge in [0.1, 0.15) is 0 Å². The highest BCUT2D eigenvalue weighted by Crippen LogP contribution is 2.23. The average Bonchev–Trinajstić information content (AvgIpc) is 2.40. The first-order valence-corrected chi connectivity index (χ1v) is 6.25. The number of anilines is 1. The van der Waals surface area contributed by atoms with Crippen molar-refractivity contribution in [2.24, 2.45) is 0 Å². The van der Waals surface area contributed by atoms with Crippen molar-refractivity contribution in [3.63, 3.8) is 0 Å². The second-order valence-corrected chi connectivity index (χ2v) is 4.46. The van der Waals surface area contributed by atoms with Gasteiger partial charge in [0, 0.05) is 17.9 Å². The number of aromatic nitrogens is 2. The molecule has 0 bridgehead atoms. The standard InChI is InChI=1S/C13H19N5/c1-3-18(9-14)13-16-10(2)8-12(17-13)11-6-4-5-7-15-11/h3,8-9,11,14-15H,1,4-7H2,2H3. The lowest BCUT2D eigenvalue weighted by molar-refractivity contribution is 0.405. The summed E-state index contributed by atoms with van der Waals surface area (Å²) in [6.07, 6.45) is 6.27. The van der Waals surface area contributed by atoms with Crippen LogP contribution in [0.5, 0.6) is 0 Å². The van der Waals surface area contributed by atoms with Crippen molar-refractivity contribution < 1.29 is 0 Å². The van der Waals surface area contributed by atoms with Gasteiger partial charge in [-0.2, -0.15) is 0 Å². The van der Waals surface area contributed by atoms with E-state index in [0.717, 1.165) is 24.4 Å². The maximum absolute atomic E-state index is 7.32. The Balaban J connectivity index is 2.30. The number of piperidine rings is 1. The fraction of sp³-hybridized carbons (Fsp3) is 0.462. The van der Waals surface area contributed by atoms with Crippen molar-refractivity contribution in [2.45, 2.75) is 32.2 Å². The SMILES string of the molecule is C=CN(C=N)c1nc(C)cc(C2CCCCN2)n1. The van der Waals surface area contributed by atoms with Crippen LogP contribution in [-0.2, 0) is 0 Å². The molecule has 1 unspecified atom stereocenters. The van der Waals surface area contributed by atoms with Crippen LogP contribution in [0, 0.1) is 12.3 Å². The van der Waals surface area contributed by atoms with E-state index in [1.807, 2.05) is 13.0 Å². The molecule has 18 heavy (non-hydrogen) atoms. The van der Waals surface area contributed by atoms with E-state index >= 15 is 0 Å². The molecule has 0 radical (unpaired) electrons. The fourth-order valence-electron chi connectivity index (χ4n) is 2.17. The van der Waals surface area contributed by atoms with Crippen LogP contribution in [0.15, 0.2) is 18.8 Å². The lowest BCUT2D eigenvalue weighted by Gasteiger charge is -2.24. The number of rotatable bonds is 4. The van der Waals surface area contributed by atoms with Crippen LogP contribution in [0.4, 0.5) is 5.95 Å². The van der Waals surface area contributed by atoms with Crippen LogP contribution >= 0.6 is 0 Å². The van der Waals surface area contributed by atoms with Gasteiger partial charge >= 0.3 is 0 Å². The highest BCUT2D eigenvalue weighted by Gasteiger charge is 2.18. The Kier molecular flexibility index (Phi) is 4.04. The molecule has 0 aromatic carbocycles. The fourth-order valence-corrected chi connectivity index (χ4v) is 2.17. The van der Waals surface area contributed by atoms with Crippen molar-refractivity contribution in [3.8, 4) is 0 Å². The summed E-state index contributed by atoms with van der Waals surface area (Å²) >= 11 is 0. The molecule has 1 aliphatic heterocycles. The molecule has 0 amide bonds. The third-order valence-electron chi connectivity index (χ3n) is 3.10. The van der Waals surface area contributed by atoms with E-state index in [1.54, 1.807) is 6.20 Å². The minimum absolute atomic E-state index is 0.302. The van der Waals surface area contributed by atoms with Crippen molar-refractivity contribution in [1.82, 2.24) is 15.3 Å². The van der Waals surface area contributed by atoms with Gasteiger partial charge in [-0.05, 0) is 32.4 Å². The first-order valence-electron chi connectivity index (χ1n) is 6.25. The molecule has 1 fully saturated rings. The van der Waals surface area contributed by atoms with Crippen LogP contribution in [0.3, 0.4) is 0 Å². The van der Waals surface area contributed by atoms with E-state index in [0.29, 0.717) is 12.0 Å². The Morgan fingerprint density at radius 2 is 2.33 bits per heavy atom. The number of nitrogens with zero attached hydrogens (tertiary/aromatic N) is 3. The van der Waals surface area contributed by atoms with E-state index in [2.05, 4.69) is 21.9 Å². The van der Waals surface area contributed by atoms with Crippen LogP contribution < -0.4 is 10.2 Å². The maximum Gasteiger partial charge on any atom is 0.235 e. The summed E-state index contributed by atoms with van der Waals surface area (Å²) < 4.78 is 0. The minimum atomic E-state index is 0.302. The number of hydrogen-bond donors (Lipinski definition) is 2. The van der Waals surface area contributed by atoms with Crippen LogP contribution in [0.25, 0.3) is 0 Å². The molecule has 5 nitrogen and oxygen atoms in total. The topological polar surface area (TPSA) is 64.9 Å². The average molecular weight is 245 g/mol. The summed E-state index contributed by atoms with van der Waals surface area (Å²) in [6, 6.07) is 2.31. The van der Waals surface area contributed by atoms with Gasteiger partial charge in [-0.25, -0.2) is 9.97 Å². The zero-order valence-electron chi connectivity index (χ0n) is 10.7. The zero-order chi connectivity index (χ0) is 13.0. The predicted octanol–water partition coefficient (Wildman–Crippen LogP) is 2.16. The minimum Gasteiger partial charge on any atom is -0.309 e. The van der Waals surface area contributed by atoms with Gasteiger partial charge in [0.05, 0.1) is 12.0 Å². The molecule has 0 spiro atoms. The number of aryl methyl sites for hydroxylation is 1. The van der Waals surface area contributed by atoms with Crippen LogP contribution in [0.2, 0.25) is 0 Å². The summed E-state index contributed by atoms with van der Waals surface area (Å²) in [7, 11) is 0. The molecule has 2 rings (SSSR count). The molecule has 1 saturated heterocycles. The van der Waals surface area contributed by atoms with Gasteiger partial charge in [-0.15, -0.1) is 0 Å². The summed E-state index contributed by atoms with van der Waals surface area (Å²) in [5.74, 6) is 0.516.